The van der Waals surface area contributed by atoms with Crippen LogP contribution in [0.5, 0.6) is 0 Å². The predicted octanol–water partition coefficient (Wildman–Crippen LogP) is 3.64. The van der Waals surface area contributed by atoms with Gasteiger partial charge in [0, 0.05) is 23.6 Å². The molecule has 0 heterocycles. The Kier molecular flexibility index (Phi) is 6.90. The van der Waals surface area contributed by atoms with Gasteiger partial charge in [-0.15, -0.1) is 0 Å². The molecule has 0 saturated carbocycles. The van der Waals surface area contributed by atoms with Gasteiger partial charge in [-0.2, -0.15) is 0 Å². The molecule has 18 heavy (non-hydrogen) atoms. The predicted molar refractivity (Wildman–Crippen MR) is 82.5 cm³/mol. The lowest BCUT2D eigenvalue weighted by Gasteiger charge is -2.32. The van der Waals surface area contributed by atoms with Crippen LogP contribution in [0.1, 0.15) is 32.3 Å². The molecule has 0 fully saturated rings. The van der Waals surface area contributed by atoms with Crippen molar-refractivity contribution in [1.29, 1.82) is 0 Å². The summed E-state index contributed by atoms with van der Waals surface area (Å²) in [4.78, 5) is 2.38. The van der Waals surface area contributed by atoms with Crippen LogP contribution in [-0.4, -0.2) is 24.5 Å². The minimum atomic E-state index is 0.466. The Labute approximate surface area is 120 Å². The molecule has 0 spiro atoms. The number of nitrogens with zero attached hydrogens (tertiary/aromatic N) is 1. The Balaban J connectivity index is 2.61. The van der Waals surface area contributed by atoms with E-state index < -0.39 is 0 Å². The molecule has 102 valence electrons. The van der Waals surface area contributed by atoms with E-state index in [1.165, 1.54) is 18.4 Å². The van der Waals surface area contributed by atoms with Crippen molar-refractivity contribution in [2.24, 2.45) is 11.7 Å². The number of nitrogens with two attached hydrogens (primary N) is 1. The number of rotatable bonds is 7. The molecule has 0 bridgehead atoms. The van der Waals surface area contributed by atoms with E-state index in [1.807, 2.05) is 0 Å². The van der Waals surface area contributed by atoms with Gasteiger partial charge in [0.25, 0.3) is 0 Å². The number of benzene rings is 1. The number of hydrogen-bond acceptors (Lipinski definition) is 2. The normalized spacial score (nSPS) is 14.8. The van der Waals surface area contributed by atoms with Crippen molar-refractivity contribution in [2.45, 2.75) is 39.3 Å². The average molecular weight is 313 g/mol. The summed E-state index contributed by atoms with van der Waals surface area (Å²) in [7, 11) is 2.17. The maximum Gasteiger partial charge on any atom is 0.0244 e. The fourth-order valence-corrected chi connectivity index (χ4v) is 2.75. The molecule has 0 radical (unpaired) electrons. The van der Waals surface area contributed by atoms with Crippen LogP contribution in [0.2, 0.25) is 0 Å². The Morgan fingerprint density at radius 1 is 1.28 bits per heavy atom. The fourth-order valence-electron chi connectivity index (χ4n) is 2.49. The molecule has 2 nitrogen and oxygen atoms in total. The number of hydrogen-bond donors (Lipinski definition) is 1. The second-order valence-electron chi connectivity index (χ2n) is 5.11. The first-order valence-corrected chi connectivity index (χ1v) is 7.52. The second kappa shape index (κ2) is 7.93. The third-order valence-corrected chi connectivity index (χ3v) is 4.08. The van der Waals surface area contributed by atoms with Crippen molar-refractivity contribution in [2.75, 3.05) is 13.6 Å². The molecule has 0 amide bonds. The first-order chi connectivity index (χ1) is 8.58. The summed E-state index contributed by atoms with van der Waals surface area (Å²) in [6, 6.07) is 8.98. The number of likely N-dealkylation sites (N-methyl/N-ethyl adjacent to an activating group) is 1. The van der Waals surface area contributed by atoms with E-state index in [0.29, 0.717) is 12.0 Å². The minimum absolute atomic E-state index is 0.466. The van der Waals surface area contributed by atoms with E-state index in [1.54, 1.807) is 0 Å². The van der Waals surface area contributed by atoms with Gasteiger partial charge in [0.15, 0.2) is 0 Å². The summed E-state index contributed by atoms with van der Waals surface area (Å²) < 4.78 is 1.13. The van der Waals surface area contributed by atoms with Crippen LogP contribution in [-0.2, 0) is 6.54 Å². The van der Waals surface area contributed by atoms with Crippen LogP contribution in [0.4, 0.5) is 0 Å². The van der Waals surface area contributed by atoms with Gasteiger partial charge in [0.2, 0.25) is 0 Å². The maximum absolute atomic E-state index is 5.93. The molecule has 1 aromatic rings. The van der Waals surface area contributed by atoms with Crippen molar-refractivity contribution >= 4 is 15.9 Å². The van der Waals surface area contributed by atoms with E-state index in [0.717, 1.165) is 17.6 Å². The molecule has 0 aliphatic heterocycles. The molecule has 3 heteroatoms. The van der Waals surface area contributed by atoms with Crippen LogP contribution in [0.15, 0.2) is 28.7 Å². The smallest absolute Gasteiger partial charge is 0.0244 e. The highest BCUT2D eigenvalue weighted by atomic mass is 79.9. The molecule has 2 atom stereocenters. The van der Waals surface area contributed by atoms with Gasteiger partial charge < -0.3 is 5.73 Å². The standard InChI is InChI=1S/C15H25BrN2/c1-4-5-12(2)15(10-17)18(3)11-13-6-8-14(16)9-7-13/h6-9,12,15H,4-5,10-11,17H2,1-3H3. The zero-order valence-electron chi connectivity index (χ0n) is 11.7. The zero-order chi connectivity index (χ0) is 13.5. The third kappa shape index (κ3) is 4.71. The summed E-state index contributed by atoms with van der Waals surface area (Å²) in [5, 5.41) is 0. The lowest BCUT2D eigenvalue weighted by atomic mass is 9.95. The van der Waals surface area contributed by atoms with Crippen molar-refractivity contribution in [3.05, 3.63) is 34.3 Å². The Hall–Kier alpha value is -0.380. The van der Waals surface area contributed by atoms with Gasteiger partial charge in [-0.25, -0.2) is 0 Å². The molecular weight excluding hydrogens is 288 g/mol. The number of halogens is 1. The van der Waals surface area contributed by atoms with Crippen LogP contribution < -0.4 is 5.73 Å². The van der Waals surface area contributed by atoms with E-state index in [2.05, 4.69) is 66.0 Å². The Morgan fingerprint density at radius 2 is 1.89 bits per heavy atom. The quantitative estimate of drug-likeness (QED) is 0.832. The van der Waals surface area contributed by atoms with Crippen molar-refractivity contribution in [3.63, 3.8) is 0 Å². The highest BCUT2D eigenvalue weighted by Crippen LogP contribution is 2.18. The van der Waals surface area contributed by atoms with Gasteiger partial charge in [0.05, 0.1) is 0 Å². The molecule has 1 aromatic carbocycles. The minimum Gasteiger partial charge on any atom is -0.329 e. The topological polar surface area (TPSA) is 29.3 Å². The SMILES string of the molecule is CCCC(C)C(CN)N(C)Cc1ccc(Br)cc1. The molecule has 0 aliphatic rings. The fraction of sp³-hybridized carbons (Fsp3) is 0.600. The van der Waals surface area contributed by atoms with Crippen molar-refractivity contribution < 1.29 is 0 Å². The molecule has 0 saturated heterocycles. The lowest BCUT2D eigenvalue weighted by Crippen LogP contribution is -2.42. The van der Waals surface area contributed by atoms with Gasteiger partial charge in [-0.05, 0) is 37.1 Å². The lowest BCUT2D eigenvalue weighted by molar-refractivity contribution is 0.174. The van der Waals surface area contributed by atoms with Crippen LogP contribution in [0, 0.1) is 5.92 Å². The third-order valence-electron chi connectivity index (χ3n) is 3.55. The summed E-state index contributed by atoms with van der Waals surface area (Å²) in [5.41, 5.74) is 7.27. The second-order valence-corrected chi connectivity index (χ2v) is 6.03. The summed E-state index contributed by atoms with van der Waals surface area (Å²) in [5.74, 6) is 0.653. The molecule has 2 unspecified atom stereocenters. The first-order valence-electron chi connectivity index (χ1n) is 6.73. The molecule has 1 rings (SSSR count). The Morgan fingerprint density at radius 3 is 2.39 bits per heavy atom. The van der Waals surface area contributed by atoms with Gasteiger partial charge in [0.1, 0.15) is 0 Å². The molecule has 0 aliphatic carbocycles. The van der Waals surface area contributed by atoms with E-state index in [-0.39, 0.29) is 0 Å². The molecule has 0 aromatic heterocycles. The average Bonchev–Trinajstić information content (AvgIpc) is 2.33. The highest BCUT2D eigenvalue weighted by Gasteiger charge is 2.19. The van der Waals surface area contributed by atoms with E-state index in [4.69, 9.17) is 5.73 Å². The van der Waals surface area contributed by atoms with Crippen LogP contribution in [0.25, 0.3) is 0 Å². The van der Waals surface area contributed by atoms with Gasteiger partial charge >= 0.3 is 0 Å². The summed E-state index contributed by atoms with van der Waals surface area (Å²) in [6.07, 6.45) is 2.47. The molecule has 2 N–H and O–H groups in total. The van der Waals surface area contributed by atoms with E-state index >= 15 is 0 Å². The highest BCUT2D eigenvalue weighted by molar-refractivity contribution is 9.10. The maximum atomic E-state index is 5.93. The zero-order valence-corrected chi connectivity index (χ0v) is 13.3. The largest absolute Gasteiger partial charge is 0.329 e. The summed E-state index contributed by atoms with van der Waals surface area (Å²) in [6.45, 7) is 6.23. The van der Waals surface area contributed by atoms with Crippen LogP contribution in [0.3, 0.4) is 0 Å². The van der Waals surface area contributed by atoms with Crippen molar-refractivity contribution in [3.8, 4) is 0 Å². The van der Waals surface area contributed by atoms with Crippen molar-refractivity contribution in [1.82, 2.24) is 4.90 Å². The first kappa shape index (κ1) is 15.7. The summed E-state index contributed by atoms with van der Waals surface area (Å²) >= 11 is 3.46. The Bertz CT molecular complexity index is 337. The molecular formula is C15H25BrN2. The van der Waals surface area contributed by atoms with E-state index in [9.17, 15) is 0 Å². The van der Waals surface area contributed by atoms with Gasteiger partial charge in [-0.1, -0.05) is 48.3 Å². The van der Waals surface area contributed by atoms with Crippen LogP contribution >= 0.6 is 15.9 Å². The monoisotopic (exact) mass is 312 g/mol. The van der Waals surface area contributed by atoms with Gasteiger partial charge in [-0.3, -0.25) is 4.90 Å².